The average molecular weight is 405 g/mol. The number of ether oxygens (including phenoxy) is 1. The Hall–Kier alpha value is -2.42. The van der Waals surface area contributed by atoms with Gasteiger partial charge in [0.15, 0.2) is 0 Å². The lowest BCUT2D eigenvalue weighted by atomic mass is 9.93. The summed E-state index contributed by atoms with van der Waals surface area (Å²) in [5.74, 6) is 0.334. The summed E-state index contributed by atoms with van der Waals surface area (Å²) in [6.07, 6.45) is 6.11. The molecular formula is C20H31N5O4. The smallest absolute Gasteiger partial charge is 0.343 e. The van der Waals surface area contributed by atoms with Gasteiger partial charge < -0.3 is 15.0 Å². The van der Waals surface area contributed by atoms with Gasteiger partial charge in [0, 0.05) is 26.6 Å². The van der Waals surface area contributed by atoms with Crippen molar-refractivity contribution in [2.75, 3.05) is 44.6 Å². The summed E-state index contributed by atoms with van der Waals surface area (Å²) in [4.78, 5) is 40.9. The van der Waals surface area contributed by atoms with Crippen molar-refractivity contribution in [3.63, 3.8) is 0 Å². The summed E-state index contributed by atoms with van der Waals surface area (Å²) in [6.45, 7) is 5.63. The van der Waals surface area contributed by atoms with Crippen molar-refractivity contribution < 1.29 is 19.1 Å². The van der Waals surface area contributed by atoms with E-state index in [9.17, 15) is 14.4 Å². The summed E-state index contributed by atoms with van der Waals surface area (Å²) >= 11 is 0. The Morgan fingerprint density at radius 1 is 1.17 bits per heavy atom. The van der Waals surface area contributed by atoms with Crippen molar-refractivity contribution in [2.45, 2.75) is 39.0 Å². The van der Waals surface area contributed by atoms with Crippen molar-refractivity contribution in [3.05, 3.63) is 11.8 Å². The largest absolute Gasteiger partial charge is 0.462 e. The minimum atomic E-state index is -0.501. The van der Waals surface area contributed by atoms with E-state index in [0.717, 1.165) is 51.9 Å². The van der Waals surface area contributed by atoms with E-state index in [-0.39, 0.29) is 30.5 Å². The molecule has 2 fully saturated rings. The number of rotatable bonds is 7. The highest BCUT2D eigenvalue weighted by Crippen LogP contribution is 2.23. The SMILES string of the molecule is CCOC(=O)c1cnn(C)c1NC(=O)CN1CCC(CC(=O)N2CCCC2)CC1. The monoisotopic (exact) mass is 405 g/mol. The highest BCUT2D eigenvalue weighted by atomic mass is 16.5. The fourth-order valence-electron chi connectivity index (χ4n) is 4.01. The first-order valence-corrected chi connectivity index (χ1v) is 10.5. The molecule has 2 aliphatic rings. The van der Waals surface area contributed by atoms with Crippen molar-refractivity contribution >= 4 is 23.6 Å². The topological polar surface area (TPSA) is 96.8 Å². The van der Waals surface area contributed by atoms with E-state index in [1.165, 1.54) is 10.9 Å². The van der Waals surface area contributed by atoms with Crippen molar-refractivity contribution in [1.82, 2.24) is 19.6 Å². The van der Waals surface area contributed by atoms with Crippen LogP contribution >= 0.6 is 0 Å². The molecule has 0 unspecified atom stereocenters. The fraction of sp³-hybridized carbons (Fsp3) is 0.700. The van der Waals surface area contributed by atoms with Gasteiger partial charge in [-0.2, -0.15) is 5.10 Å². The number of hydrogen-bond donors (Lipinski definition) is 1. The summed E-state index contributed by atoms with van der Waals surface area (Å²) in [5, 5.41) is 6.83. The van der Waals surface area contributed by atoms with E-state index >= 15 is 0 Å². The van der Waals surface area contributed by atoms with Crippen LogP contribution in [-0.2, 0) is 21.4 Å². The number of nitrogens with one attached hydrogen (secondary N) is 1. The Morgan fingerprint density at radius 2 is 1.86 bits per heavy atom. The first-order chi connectivity index (χ1) is 14.0. The molecule has 9 nitrogen and oxygen atoms in total. The maximum atomic E-state index is 12.5. The van der Waals surface area contributed by atoms with Crippen molar-refractivity contribution in [1.29, 1.82) is 0 Å². The van der Waals surface area contributed by atoms with E-state index in [2.05, 4.69) is 15.3 Å². The van der Waals surface area contributed by atoms with Crippen molar-refractivity contribution in [3.8, 4) is 0 Å². The lowest BCUT2D eigenvalue weighted by Gasteiger charge is -2.31. The number of anilines is 1. The maximum Gasteiger partial charge on any atom is 0.343 e. The number of aryl methyl sites for hydroxylation is 1. The van der Waals surface area contributed by atoms with Gasteiger partial charge in [0.2, 0.25) is 11.8 Å². The van der Waals surface area contributed by atoms with Crippen LogP contribution in [0.5, 0.6) is 0 Å². The third kappa shape index (κ3) is 5.56. The summed E-state index contributed by atoms with van der Waals surface area (Å²) < 4.78 is 6.47. The Kier molecular flexibility index (Phi) is 7.24. The number of carbonyl (C=O) groups is 3. The Morgan fingerprint density at radius 3 is 2.52 bits per heavy atom. The number of esters is 1. The molecule has 0 saturated carbocycles. The van der Waals surface area contributed by atoms with Crippen LogP contribution < -0.4 is 5.32 Å². The van der Waals surface area contributed by atoms with Gasteiger partial charge in [-0.05, 0) is 51.6 Å². The molecule has 1 aromatic heterocycles. The van der Waals surface area contributed by atoms with Crippen LogP contribution in [-0.4, -0.2) is 76.7 Å². The molecule has 3 heterocycles. The molecule has 2 saturated heterocycles. The second-order valence-electron chi connectivity index (χ2n) is 7.81. The zero-order chi connectivity index (χ0) is 20.8. The predicted molar refractivity (Wildman–Crippen MR) is 107 cm³/mol. The van der Waals surface area contributed by atoms with E-state index in [0.29, 0.717) is 18.2 Å². The molecule has 0 radical (unpaired) electrons. The maximum absolute atomic E-state index is 12.5. The zero-order valence-electron chi connectivity index (χ0n) is 17.4. The summed E-state index contributed by atoms with van der Waals surface area (Å²) in [6, 6.07) is 0. The van der Waals surface area contributed by atoms with Crippen LogP contribution in [0.2, 0.25) is 0 Å². The van der Waals surface area contributed by atoms with Crippen LogP contribution in [0, 0.1) is 5.92 Å². The number of nitrogens with zero attached hydrogens (tertiary/aromatic N) is 4. The first kappa shape index (κ1) is 21.3. The average Bonchev–Trinajstić information content (AvgIpc) is 3.34. The number of hydrogen-bond acceptors (Lipinski definition) is 6. The van der Waals surface area contributed by atoms with Gasteiger partial charge in [-0.15, -0.1) is 0 Å². The molecular weight excluding hydrogens is 374 g/mol. The number of aromatic nitrogens is 2. The van der Waals surface area contributed by atoms with Gasteiger partial charge >= 0.3 is 5.97 Å². The van der Waals surface area contributed by atoms with Crippen LogP contribution in [0.3, 0.4) is 0 Å². The molecule has 0 aliphatic carbocycles. The normalized spacial score (nSPS) is 18.1. The van der Waals surface area contributed by atoms with Gasteiger partial charge in [0.05, 0.1) is 19.3 Å². The van der Waals surface area contributed by atoms with E-state index in [1.807, 2.05) is 4.90 Å². The molecule has 0 spiro atoms. The van der Waals surface area contributed by atoms with Gasteiger partial charge in [-0.25, -0.2) is 4.79 Å². The predicted octanol–water partition coefficient (Wildman–Crippen LogP) is 1.26. The minimum Gasteiger partial charge on any atom is -0.462 e. The van der Waals surface area contributed by atoms with Gasteiger partial charge in [0.25, 0.3) is 0 Å². The highest BCUT2D eigenvalue weighted by Gasteiger charge is 2.26. The van der Waals surface area contributed by atoms with Crippen LogP contribution in [0.25, 0.3) is 0 Å². The Labute approximate surface area is 171 Å². The molecule has 1 N–H and O–H groups in total. The van der Waals surface area contributed by atoms with Gasteiger partial charge in [-0.3, -0.25) is 19.2 Å². The van der Waals surface area contributed by atoms with Gasteiger partial charge in [0.1, 0.15) is 11.4 Å². The number of piperidine rings is 1. The lowest BCUT2D eigenvalue weighted by Crippen LogP contribution is -2.40. The van der Waals surface area contributed by atoms with E-state index < -0.39 is 5.97 Å². The zero-order valence-corrected chi connectivity index (χ0v) is 17.4. The Balaban J connectivity index is 1.45. The van der Waals surface area contributed by atoms with Crippen LogP contribution in [0.4, 0.5) is 5.82 Å². The molecule has 2 amide bonds. The van der Waals surface area contributed by atoms with Gasteiger partial charge in [-0.1, -0.05) is 0 Å². The molecule has 0 atom stereocenters. The van der Waals surface area contributed by atoms with E-state index in [1.54, 1.807) is 14.0 Å². The second-order valence-corrected chi connectivity index (χ2v) is 7.81. The van der Waals surface area contributed by atoms with Crippen LogP contribution in [0.1, 0.15) is 49.4 Å². The molecule has 3 rings (SSSR count). The lowest BCUT2D eigenvalue weighted by molar-refractivity contribution is -0.131. The fourth-order valence-corrected chi connectivity index (χ4v) is 4.01. The summed E-state index contributed by atoms with van der Waals surface area (Å²) in [7, 11) is 1.67. The molecule has 29 heavy (non-hydrogen) atoms. The number of amides is 2. The third-order valence-electron chi connectivity index (χ3n) is 5.69. The van der Waals surface area contributed by atoms with Crippen LogP contribution in [0.15, 0.2) is 6.20 Å². The Bertz CT molecular complexity index is 733. The second kappa shape index (κ2) is 9.87. The molecule has 160 valence electrons. The quantitative estimate of drug-likeness (QED) is 0.686. The molecule has 9 heteroatoms. The minimum absolute atomic E-state index is 0.189. The molecule has 1 aromatic rings. The molecule has 0 bridgehead atoms. The third-order valence-corrected chi connectivity index (χ3v) is 5.69. The number of carbonyl (C=O) groups excluding carboxylic acids is 3. The van der Waals surface area contributed by atoms with E-state index in [4.69, 9.17) is 4.74 Å². The molecule has 0 aromatic carbocycles. The highest BCUT2D eigenvalue weighted by molar-refractivity contribution is 6.00. The first-order valence-electron chi connectivity index (χ1n) is 10.5. The standard InChI is InChI=1S/C20H31N5O4/c1-3-29-20(28)16-13-21-23(2)19(16)22-17(26)14-24-10-6-15(7-11-24)12-18(27)25-8-4-5-9-25/h13,15H,3-12,14H2,1-2H3,(H,22,26). The molecule has 2 aliphatic heterocycles. The number of likely N-dealkylation sites (tertiary alicyclic amines) is 2. The summed E-state index contributed by atoms with van der Waals surface area (Å²) in [5.41, 5.74) is 0.252. The van der Waals surface area contributed by atoms with Crippen molar-refractivity contribution in [2.24, 2.45) is 13.0 Å².